The van der Waals surface area contributed by atoms with E-state index in [0.717, 1.165) is 6.54 Å². The molecule has 0 saturated carbocycles. The van der Waals surface area contributed by atoms with Gasteiger partial charge in [0.25, 0.3) is 0 Å². The van der Waals surface area contributed by atoms with Crippen LogP contribution in [0, 0.1) is 5.92 Å². The number of nitrogens with one attached hydrogen (secondary N) is 1. The molecule has 0 fully saturated rings. The van der Waals surface area contributed by atoms with Crippen molar-refractivity contribution in [1.82, 2.24) is 5.32 Å². The van der Waals surface area contributed by atoms with E-state index in [9.17, 15) is 4.79 Å². The van der Waals surface area contributed by atoms with Crippen LogP contribution in [0.1, 0.15) is 31.7 Å². The smallest absolute Gasteiger partial charge is 0.332 e. The molecule has 0 aliphatic carbocycles. The summed E-state index contributed by atoms with van der Waals surface area (Å²) in [5, 5.41) is 5.55. The number of hydrogen-bond acceptors (Lipinski definition) is 5. The van der Waals surface area contributed by atoms with Crippen LogP contribution in [-0.2, 0) is 14.3 Å². The summed E-state index contributed by atoms with van der Waals surface area (Å²) in [5.41, 5.74) is 0. The summed E-state index contributed by atoms with van der Waals surface area (Å²) >= 11 is 1.76. The zero-order valence-electron chi connectivity index (χ0n) is 11.8. The molecule has 19 heavy (non-hydrogen) atoms. The second kappa shape index (κ2) is 9.07. The zero-order valence-corrected chi connectivity index (χ0v) is 12.7. The van der Waals surface area contributed by atoms with Gasteiger partial charge >= 0.3 is 5.97 Å². The highest BCUT2D eigenvalue weighted by atomic mass is 32.1. The minimum Gasteiger partial charge on any atom is -0.464 e. The van der Waals surface area contributed by atoms with Gasteiger partial charge in [-0.15, -0.1) is 11.3 Å². The molecular weight excluding hydrogens is 262 g/mol. The maximum atomic E-state index is 11.1. The molecule has 0 spiro atoms. The van der Waals surface area contributed by atoms with Crippen molar-refractivity contribution in [2.24, 2.45) is 5.92 Å². The molecule has 0 radical (unpaired) electrons. The second-order valence-electron chi connectivity index (χ2n) is 4.55. The van der Waals surface area contributed by atoms with Gasteiger partial charge in [-0.3, -0.25) is 0 Å². The van der Waals surface area contributed by atoms with Crippen LogP contribution < -0.4 is 5.32 Å². The quantitative estimate of drug-likeness (QED) is 0.559. The van der Waals surface area contributed by atoms with E-state index in [-0.39, 0.29) is 12.6 Å². The Morgan fingerprint density at radius 2 is 2.26 bits per heavy atom. The van der Waals surface area contributed by atoms with Crippen molar-refractivity contribution in [3.63, 3.8) is 0 Å². The summed E-state index contributed by atoms with van der Waals surface area (Å²) in [6.07, 6.45) is 0. The van der Waals surface area contributed by atoms with E-state index in [1.807, 2.05) is 0 Å². The molecule has 1 rings (SSSR count). The number of rotatable bonds is 9. The van der Waals surface area contributed by atoms with Crippen molar-refractivity contribution < 1.29 is 14.3 Å². The first-order chi connectivity index (χ1) is 9.15. The van der Waals surface area contributed by atoms with E-state index in [1.165, 1.54) is 4.88 Å². The summed E-state index contributed by atoms with van der Waals surface area (Å²) in [6, 6.07) is 4.54. The third-order valence-corrected chi connectivity index (χ3v) is 3.61. The Labute approximate surface area is 119 Å². The first-order valence-corrected chi connectivity index (χ1v) is 7.53. The van der Waals surface area contributed by atoms with Gasteiger partial charge in [-0.1, -0.05) is 19.9 Å². The SMILES string of the molecule is CCOC(=O)COCCNC(c1cccs1)C(C)C. The van der Waals surface area contributed by atoms with Gasteiger partial charge in [-0.25, -0.2) is 4.79 Å². The highest BCUT2D eigenvalue weighted by molar-refractivity contribution is 7.10. The lowest BCUT2D eigenvalue weighted by Gasteiger charge is -2.21. The van der Waals surface area contributed by atoms with Crippen molar-refractivity contribution in [2.45, 2.75) is 26.8 Å². The van der Waals surface area contributed by atoms with Gasteiger partial charge in [0.15, 0.2) is 0 Å². The normalized spacial score (nSPS) is 12.6. The highest BCUT2D eigenvalue weighted by Crippen LogP contribution is 2.25. The van der Waals surface area contributed by atoms with E-state index >= 15 is 0 Å². The predicted molar refractivity (Wildman–Crippen MR) is 77.4 cm³/mol. The summed E-state index contributed by atoms with van der Waals surface area (Å²) in [5.74, 6) is 0.213. The maximum absolute atomic E-state index is 11.1. The van der Waals surface area contributed by atoms with Gasteiger partial charge in [-0.2, -0.15) is 0 Å². The topological polar surface area (TPSA) is 47.6 Å². The van der Waals surface area contributed by atoms with Crippen LogP contribution in [0.2, 0.25) is 0 Å². The van der Waals surface area contributed by atoms with Crippen LogP contribution in [0.25, 0.3) is 0 Å². The molecular formula is C14H23NO3S. The molecule has 5 heteroatoms. The van der Waals surface area contributed by atoms with Crippen molar-refractivity contribution in [3.05, 3.63) is 22.4 Å². The Hall–Kier alpha value is -0.910. The Kier molecular flexibility index (Phi) is 7.70. The molecule has 1 aromatic rings. The molecule has 0 aliphatic heterocycles. The van der Waals surface area contributed by atoms with Gasteiger partial charge in [0.1, 0.15) is 6.61 Å². The number of esters is 1. The predicted octanol–water partition coefficient (Wildman–Crippen LogP) is 2.61. The summed E-state index contributed by atoms with van der Waals surface area (Å²) in [6.45, 7) is 7.82. The van der Waals surface area contributed by atoms with Crippen molar-refractivity contribution in [2.75, 3.05) is 26.4 Å². The largest absolute Gasteiger partial charge is 0.464 e. The van der Waals surface area contributed by atoms with Crippen molar-refractivity contribution in [1.29, 1.82) is 0 Å². The van der Waals surface area contributed by atoms with Crippen molar-refractivity contribution in [3.8, 4) is 0 Å². The molecule has 1 atom stereocenters. The molecule has 1 heterocycles. The Morgan fingerprint density at radius 1 is 1.47 bits per heavy atom. The minimum atomic E-state index is -0.304. The fourth-order valence-electron chi connectivity index (χ4n) is 1.78. The molecule has 0 saturated heterocycles. The molecule has 0 aliphatic rings. The molecule has 0 amide bonds. The monoisotopic (exact) mass is 285 g/mol. The number of carbonyl (C=O) groups excluding carboxylic acids is 1. The van der Waals surface area contributed by atoms with Gasteiger partial charge in [0, 0.05) is 17.5 Å². The lowest BCUT2D eigenvalue weighted by Crippen LogP contribution is -2.29. The summed E-state index contributed by atoms with van der Waals surface area (Å²) < 4.78 is 10.0. The van der Waals surface area contributed by atoms with Crippen LogP contribution in [-0.4, -0.2) is 32.3 Å². The Bertz CT molecular complexity index is 352. The fourth-order valence-corrected chi connectivity index (χ4v) is 2.75. The number of thiophene rings is 1. The second-order valence-corrected chi connectivity index (χ2v) is 5.53. The van der Waals surface area contributed by atoms with Crippen LogP contribution >= 0.6 is 11.3 Å². The Balaban J connectivity index is 2.21. The van der Waals surface area contributed by atoms with Gasteiger partial charge < -0.3 is 14.8 Å². The van der Waals surface area contributed by atoms with E-state index in [0.29, 0.717) is 25.2 Å². The van der Waals surface area contributed by atoms with E-state index in [1.54, 1.807) is 18.3 Å². The Morgan fingerprint density at radius 3 is 2.84 bits per heavy atom. The highest BCUT2D eigenvalue weighted by Gasteiger charge is 2.15. The lowest BCUT2D eigenvalue weighted by atomic mass is 10.0. The van der Waals surface area contributed by atoms with Gasteiger partial charge in [-0.05, 0) is 24.3 Å². The average Bonchev–Trinajstić information content (AvgIpc) is 2.87. The van der Waals surface area contributed by atoms with E-state index in [4.69, 9.17) is 9.47 Å². The third kappa shape index (κ3) is 6.18. The lowest BCUT2D eigenvalue weighted by molar-refractivity contribution is -0.148. The zero-order chi connectivity index (χ0) is 14.1. The minimum absolute atomic E-state index is 0.0286. The van der Waals surface area contributed by atoms with Crippen LogP contribution in [0.4, 0.5) is 0 Å². The van der Waals surface area contributed by atoms with Crippen LogP contribution in [0.15, 0.2) is 17.5 Å². The number of hydrogen-bond donors (Lipinski definition) is 1. The molecule has 1 aromatic heterocycles. The molecule has 1 unspecified atom stereocenters. The van der Waals surface area contributed by atoms with Crippen LogP contribution in [0.5, 0.6) is 0 Å². The molecule has 0 aromatic carbocycles. The van der Waals surface area contributed by atoms with E-state index in [2.05, 4.69) is 36.7 Å². The molecule has 1 N–H and O–H groups in total. The standard InChI is InChI=1S/C14H23NO3S/c1-4-18-13(16)10-17-8-7-15-14(11(2)3)12-6-5-9-19-12/h5-6,9,11,14-15H,4,7-8,10H2,1-3H3. The van der Waals surface area contributed by atoms with Crippen molar-refractivity contribution >= 4 is 17.3 Å². The molecule has 108 valence electrons. The first kappa shape index (κ1) is 16.1. The fraction of sp³-hybridized carbons (Fsp3) is 0.643. The van der Waals surface area contributed by atoms with E-state index < -0.39 is 0 Å². The third-order valence-electron chi connectivity index (χ3n) is 2.65. The number of ether oxygens (including phenoxy) is 2. The molecule has 0 bridgehead atoms. The average molecular weight is 285 g/mol. The van der Waals surface area contributed by atoms with Gasteiger partial charge in [0.05, 0.1) is 13.2 Å². The first-order valence-electron chi connectivity index (χ1n) is 6.65. The number of carbonyl (C=O) groups is 1. The summed E-state index contributed by atoms with van der Waals surface area (Å²) in [7, 11) is 0. The maximum Gasteiger partial charge on any atom is 0.332 e. The van der Waals surface area contributed by atoms with Crippen LogP contribution in [0.3, 0.4) is 0 Å². The molecule has 4 nitrogen and oxygen atoms in total. The van der Waals surface area contributed by atoms with Gasteiger partial charge in [0.2, 0.25) is 0 Å². The summed E-state index contributed by atoms with van der Waals surface area (Å²) in [4.78, 5) is 12.4.